The zero-order valence-corrected chi connectivity index (χ0v) is 15.0. The lowest BCUT2D eigenvalue weighted by atomic mass is 10.0. The van der Waals surface area contributed by atoms with Crippen molar-refractivity contribution in [3.63, 3.8) is 0 Å². The van der Waals surface area contributed by atoms with Crippen molar-refractivity contribution in [2.45, 2.75) is 25.3 Å². The molecule has 2 heterocycles. The maximum atomic E-state index is 12.4. The number of benzene rings is 1. The van der Waals surface area contributed by atoms with Gasteiger partial charge in [0.1, 0.15) is 0 Å². The molecular formula is C17H14BrN2O3S-. The number of hydrogen-bond acceptors (Lipinski definition) is 5. The highest BCUT2D eigenvalue weighted by molar-refractivity contribution is 9.10. The fourth-order valence-electron chi connectivity index (χ4n) is 2.58. The number of nitrogens with zero attached hydrogens (tertiary/aromatic N) is 2. The van der Waals surface area contributed by atoms with Crippen LogP contribution >= 0.6 is 27.3 Å². The summed E-state index contributed by atoms with van der Waals surface area (Å²) in [4.78, 5) is 24.1. The molecule has 1 amide bonds. The molecule has 1 aromatic carbocycles. The first kappa shape index (κ1) is 16.9. The number of carboxylic acids is 1. The third-order valence-corrected chi connectivity index (χ3v) is 5.26. The minimum absolute atomic E-state index is 0.110. The van der Waals surface area contributed by atoms with E-state index in [-0.39, 0.29) is 24.8 Å². The Kier molecular flexibility index (Phi) is 5.11. The van der Waals surface area contributed by atoms with E-state index in [0.29, 0.717) is 6.42 Å². The van der Waals surface area contributed by atoms with Gasteiger partial charge in [-0.05, 0) is 35.6 Å². The molecule has 0 N–H and O–H groups in total. The third kappa shape index (κ3) is 3.73. The standard InChI is InChI=1S/C17H15BrN2O3S/c18-12-5-3-11(4-6-12)13-10-14(15-2-1-9-24-15)20(19-13)16(21)7-8-17(22)23/h1-6,9,14H,7-8,10H2,(H,22,23)/p-1/t14-/m1/s1. The van der Waals surface area contributed by atoms with Crippen LogP contribution in [0.2, 0.25) is 0 Å². The summed E-state index contributed by atoms with van der Waals surface area (Å²) < 4.78 is 0.974. The van der Waals surface area contributed by atoms with Gasteiger partial charge in [0.2, 0.25) is 5.91 Å². The quantitative estimate of drug-likeness (QED) is 0.767. The monoisotopic (exact) mass is 405 g/mol. The first-order valence-corrected chi connectivity index (χ1v) is 9.10. The fourth-order valence-corrected chi connectivity index (χ4v) is 3.66. The summed E-state index contributed by atoms with van der Waals surface area (Å²) in [6.45, 7) is 0. The molecule has 7 heteroatoms. The van der Waals surface area contributed by atoms with Crippen LogP contribution in [0.4, 0.5) is 0 Å². The number of hydrazone groups is 1. The lowest BCUT2D eigenvalue weighted by Crippen LogP contribution is -2.29. The molecule has 0 saturated heterocycles. The van der Waals surface area contributed by atoms with Gasteiger partial charge >= 0.3 is 0 Å². The highest BCUT2D eigenvalue weighted by atomic mass is 79.9. The molecule has 1 aromatic heterocycles. The molecular weight excluding hydrogens is 392 g/mol. The smallest absolute Gasteiger partial charge is 0.243 e. The zero-order valence-electron chi connectivity index (χ0n) is 12.6. The maximum Gasteiger partial charge on any atom is 0.243 e. The Morgan fingerprint density at radius 1 is 1.25 bits per heavy atom. The number of carbonyl (C=O) groups is 2. The van der Waals surface area contributed by atoms with Crippen LogP contribution in [0.5, 0.6) is 0 Å². The number of aliphatic carboxylic acids is 1. The van der Waals surface area contributed by atoms with E-state index in [4.69, 9.17) is 0 Å². The van der Waals surface area contributed by atoms with Crippen LogP contribution in [-0.4, -0.2) is 22.6 Å². The predicted octanol–water partition coefficient (Wildman–Crippen LogP) is 2.72. The molecule has 24 heavy (non-hydrogen) atoms. The Hall–Kier alpha value is -1.99. The van der Waals surface area contributed by atoms with E-state index in [2.05, 4.69) is 21.0 Å². The second-order valence-corrected chi connectivity index (χ2v) is 7.29. The van der Waals surface area contributed by atoms with Crippen LogP contribution in [-0.2, 0) is 9.59 Å². The second kappa shape index (κ2) is 7.27. The first-order chi connectivity index (χ1) is 11.5. The van der Waals surface area contributed by atoms with Gasteiger partial charge in [0.15, 0.2) is 0 Å². The third-order valence-electron chi connectivity index (χ3n) is 3.76. The number of carboxylic acid groups (broad SMARTS) is 1. The maximum absolute atomic E-state index is 12.4. The second-order valence-electron chi connectivity index (χ2n) is 5.40. The number of thiophene rings is 1. The van der Waals surface area contributed by atoms with Gasteiger partial charge in [-0.2, -0.15) is 5.10 Å². The van der Waals surface area contributed by atoms with Crippen molar-refractivity contribution in [1.82, 2.24) is 5.01 Å². The van der Waals surface area contributed by atoms with Crippen molar-refractivity contribution in [3.05, 3.63) is 56.7 Å². The van der Waals surface area contributed by atoms with Gasteiger partial charge < -0.3 is 9.90 Å². The zero-order chi connectivity index (χ0) is 17.1. The normalized spacial score (nSPS) is 17.0. The topological polar surface area (TPSA) is 72.8 Å². The Balaban J connectivity index is 1.86. The van der Waals surface area contributed by atoms with Crippen molar-refractivity contribution >= 4 is 44.9 Å². The Morgan fingerprint density at radius 2 is 2.00 bits per heavy atom. The summed E-state index contributed by atoms with van der Waals surface area (Å²) in [7, 11) is 0. The lowest BCUT2D eigenvalue weighted by molar-refractivity contribution is -0.305. The SMILES string of the molecule is O=C([O-])CCC(=O)N1N=C(c2ccc(Br)cc2)C[C@@H]1c1cccs1. The van der Waals surface area contributed by atoms with Crippen molar-refractivity contribution < 1.29 is 14.7 Å². The Labute approximate surface area is 151 Å². The Bertz CT molecular complexity index is 772. The summed E-state index contributed by atoms with van der Waals surface area (Å²) in [5.74, 6) is -1.53. The minimum Gasteiger partial charge on any atom is -0.550 e. The van der Waals surface area contributed by atoms with Crippen molar-refractivity contribution in [3.8, 4) is 0 Å². The van der Waals surface area contributed by atoms with Crippen molar-refractivity contribution in [2.24, 2.45) is 5.10 Å². The molecule has 124 valence electrons. The highest BCUT2D eigenvalue weighted by Gasteiger charge is 2.33. The molecule has 5 nitrogen and oxygen atoms in total. The van der Waals surface area contributed by atoms with Gasteiger partial charge in [0.25, 0.3) is 0 Å². The average molecular weight is 406 g/mol. The molecule has 0 aliphatic carbocycles. The van der Waals surface area contributed by atoms with E-state index in [0.717, 1.165) is 20.6 Å². The molecule has 1 atom stereocenters. The van der Waals surface area contributed by atoms with E-state index in [1.165, 1.54) is 5.01 Å². The minimum atomic E-state index is -1.23. The number of halogens is 1. The van der Waals surface area contributed by atoms with Gasteiger partial charge in [0, 0.05) is 28.2 Å². The van der Waals surface area contributed by atoms with Crippen LogP contribution in [0, 0.1) is 0 Å². The van der Waals surface area contributed by atoms with Gasteiger partial charge in [-0.25, -0.2) is 5.01 Å². The number of hydrogen-bond donors (Lipinski definition) is 0. The van der Waals surface area contributed by atoms with E-state index >= 15 is 0 Å². The van der Waals surface area contributed by atoms with Gasteiger partial charge in [-0.3, -0.25) is 4.79 Å². The summed E-state index contributed by atoms with van der Waals surface area (Å²) >= 11 is 4.96. The summed E-state index contributed by atoms with van der Waals surface area (Å²) in [6.07, 6.45) is 0.205. The molecule has 0 unspecified atom stereocenters. The van der Waals surface area contributed by atoms with Crippen LogP contribution in [0.3, 0.4) is 0 Å². The molecule has 0 saturated carbocycles. The van der Waals surface area contributed by atoms with E-state index in [9.17, 15) is 14.7 Å². The molecule has 0 radical (unpaired) electrons. The summed E-state index contributed by atoms with van der Waals surface area (Å²) in [5.41, 5.74) is 1.78. The van der Waals surface area contributed by atoms with Crippen LogP contribution < -0.4 is 5.11 Å². The van der Waals surface area contributed by atoms with Crippen LogP contribution in [0.1, 0.15) is 35.7 Å². The summed E-state index contributed by atoms with van der Waals surface area (Å²) in [6, 6.07) is 11.5. The molecule has 1 aliphatic rings. The first-order valence-electron chi connectivity index (χ1n) is 7.43. The molecule has 0 fully saturated rings. The van der Waals surface area contributed by atoms with Crippen LogP contribution in [0.15, 0.2) is 51.4 Å². The van der Waals surface area contributed by atoms with Crippen molar-refractivity contribution in [1.29, 1.82) is 0 Å². The van der Waals surface area contributed by atoms with Gasteiger partial charge in [-0.15, -0.1) is 11.3 Å². The Morgan fingerprint density at radius 3 is 2.62 bits per heavy atom. The number of rotatable bonds is 5. The summed E-state index contributed by atoms with van der Waals surface area (Å²) in [5, 5.41) is 18.5. The molecule has 1 aliphatic heterocycles. The fraction of sp³-hybridized carbons (Fsp3) is 0.235. The molecule has 0 spiro atoms. The number of carbonyl (C=O) groups excluding carboxylic acids is 2. The largest absolute Gasteiger partial charge is 0.550 e. The van der Waals surface area contributed by atoms with E-state index in [1.54, 1.807) is 11.3 Å². The molecule has 2 aromatic rings. The number of amides is 1. The molecule has 3 rings (SSSR count). The van der Waals surface area contributed by atoms with Crippen molar-refractivity contribution in [2.75, 3.05) is 0 Å². The average Bonchev–Trinajstić information content (AvgIpc) is 3.22. The predicted molar refractivity (Wildman–Crippen MR) is 93.4 cm³/mol. The van der Waals surface area contributed by atoms with Gasteiger partial charge in [-0.1, -0.05) is 34.1 Å². The highest BCUT2D eigenvalue weighted by Crippen LogP contribution is 2.35. The van der Waals surface area contributed by atoms with E-state index in [1.807, 2.05) is 41.8 Å². The lowest BCUT2D eigenvalue weighted by Gasteiger charge is -2.20. The molecule has 0 bridgehead atoms. The van der Waals surface area contributed by atoms with Gasteiger partial charge in [0.05, 0.1) is 11.8 Å². The van der Waals surface area contributed by atoms with E-state index < -0.39 is 5.97 Å². The van der Waals surface area contributed by atoms with Crippen LogP contribution in [0.25, 0.3) is 0 Å².